The van der Waals surface area contributed by atoms with Gasteiger partial charge in [-0.15, -0.1) is 0 Å². The maximum atomic E-state index is 9.50. The molecule has 0 aliphatic rings. The molecule has 4 aromatic heterocycles. The summed E-state index contributed by atoms with van der Waals surface area (Å²) in [5.41, 5.74) is 14.0. The standard InChI is InChI=1S/C74H58N4/c1-73(2,3)51-31-39-63-61(43-51)69-65(75(53-23-15-9-16-24-53)55-33-27-49(28-34-55)47-19-11-7-12-20-47)41-37-57-59-46-68-60(45-67(59)77(63)71(57)69)58-38-42-66(70-62-44-52(74(4,5)6)32-40-64(62)78(68)72(58)70)76(54-25-17-10-18-26-54)56-35-29-50(30-36-56)48-21-13-8-14-22-48/h7-46H,1-6H3/i9D,10D,15D,16D,17D,18D,23D,24D,25D,26D. The summed E-state index contributed by atoms with van der Waals surface area (Å²) in [5, 5.41) is 7.55. The molecule has 0 radical (unpaired) electrons. The monoisotopic (exact) mass is 1010 g/mol. The fourth-order valence-corrected chi connectivity index (χ4v) is 12.2. The first-order chi connectivity index (χ1) is 42.1. The van der Waals surface area contributed by atoms with Crippen molar-refractivity contribution in [1.29, 1.82) is 0 Å². The molecular weight excluding hydrogens is 945 g/mol. The summed E-state index contributed by atoms with van der Waals surface area (Å²) in [6.07, 6.45) is 0. The molecule has 0 bridgehead atoms. The normalized spacial score (nSPS) is 14.3. The van der Waals surface area contributed by atoms with Gasteiger partial charge in [-0.3, -0.25) is 0 Å². The Hall–Kier alpha value is -9.38. The van der Waals surface area contributed by atoms with Crippen molar-refractivity contribution in [1.82, 2.24) is 8.80 Å². The lowest BCUT2D eigenvalue weighted by atomic mass is 9.86. The molecule has 4 heterocycles. The van der Waals surface area contributed by atoms with Crippen LogP contribution in [0.2, 0.25) is 0 Å². The Morgan fingerprint density at radius 3 is 1.06 bits per heavy atom. The minimum atomic E-state index is -0.466. The van der Waals surface area contributed by atoms with Crippen molar-refractivity contribution in [2.75, 3.05) is 9.80 Å². The van der Waals surface area contributed by atoms with Crippen LogP contribution >= 0.6 is 0 Å². The van der Waals surface area contributed by atoms with Crippen molar-refractivity contribution in [2.24, 2.45) is 0 Å². The Morgan fingerprint density at radius 2 is 0.692 bits per heavy atom. The SMILES string of the molecule is [2H]c1c([2H])c([2H])c(N(c2ccc(-c3ccccc3)cc2)c2ccc3c4cc5c(cc4n4c6ccc(C(C)(C)C)cc6c2c34)c2ccc(N(c3ccc(-c4ccccc4)cc3)c3c([2H])c([2H])c([2H])c([2H])c3[2H])c3c4cc(C(C)(C)C)ccc4n5c23)c([2H])c1[2H]. The number of benzene rings is 11. The topological polar surface area (TPSA) is 15.3 Å². The summed E-state index contributed by atoms with van der Waals surface area (Å²) < 4.78 is 95.9. The van der Waals surface area contributed by atoms with Gasteiger partial charge in [-0.2, -0.15) is 0 Å². The van der Waals surface area contributed by atoms with E-state index in [1.165, 1.54) is 0 Å². The van der Waals surface area contributed by atoms with E-state index in [4.69, 9.17) is 8.22 Å². The first-order valence-corrected chi connectivity index (χ1v) is 26.6. The second-order valence-electron chi connectivity index (χ2n) is 22.7. The number of aromatic nitrogens is 2. The number of fused-ring (bicyclic) bond motifs is 12. The number of hydrogen-bond acceptors (Lipinski definition) is 2. The van der Waals surface area contributed by atoms with Crippen LogP contribution in [0.4, 0.5) is 34.1 Å². The van der Waals surface area contributed by atoms with Gasteiger partial charge in [0.1, 0.15) is 0 Å². The quantitative estimate of drug-likeness (QED) is 0.151. The van der Waals surface area contributed by atoms with Gasteiger partial charge < -0.3 is 18.6 Å². The highest BCUT2D eigenvalue weighted by molar-refractivity contribution is 6.32. The first kappa shape index (κ1) is 36.6. The van der Waals surface area contributed by atoms with Gasteiger partial charge in [0.05, 0.1) is 58.2 Å². The van der Waals surface area contributed by atoms with Crippen LogP contribution < -0.4 is 9.80 Å². The molecule has 0 saturated carbocycles. The van der Waals surface area contributed by atoms with E-state index in [1.54, 1.807) is 0 Å². The van der Waals surface area contributed by atoms with Crippen LogP contribution in [0.5, 0.6) is 0 Å². The predicted octanol–water partition coefficient (Wildman–Crippen LogP) is 20.9. The van der Waals surface area contributed by atoms with Gasteiger partial charge in [0, 0.05) is 65.8 Å². The average molecular weight is 1010 g/mol. The molecular formula is C74H58N4. The zero-order valence-corrected chi connectivity index (χ0v) is 44.1. The van der Waals surface area contributed by atoms with Crippen molar-refractivity contribution in [3.63, 3.8) is 0 Å². The Labute approximate surface area is 469 Å². The van der Waals surface area contributed by atoms with Gasteiger partial charge >= 0.3 is 0 Å². The number of anilines is 6. The molecule has 0 aliphatic carbocycles. The summed E-state index contributed by atoms with van der Waals surface area (Å²) in [5.74, 6) is 0. The number of nitrogens with zero attached hydrogens (tertiary/aromatic N) is 4. The third-order valence-corrected chi connectivity index (χ3v) is 16.0. The number of hydrogen-bond donors (Lipinski definition) is 0. The maximum absolute atomic E-state index is 9.50. The van der Waals surface area contributed by atoms with E-state index in [1.807, 2.05) is 131 Å². The zero-order chi connectivity index (χ0) is 61.3. The largest absolute Gasteiger partial charge is 0.310 e. The molecule has 0 saturated heterocycles. The summed E-state index contributed by atoms with van der Waals surface area (Å²) in [4.78, 5) is 3.69. The van der Waals surface area contributed by atoms with E-state index in [9.17, 15) is 5.48 Å². The fourth-order valence-electron chi connectivity index (χ4n) is 12.2. The Morgan fingerprint density at radius 1 is 0.321 bits per heavy atom. The van der Waals surface area contributed by atoms with Crippen molar-refractivity contribution in [3.8, 4) is 22.3 Å². The lowest BCUT2D eigenvalue weighted by Gasteiger charge is -2.27. The molecule has 78 heavy (non-hydrogen) atoms. The Bertz CT molecular complexity index is 5000. The highest BCUT2D eigenvalue weighted by Crippen LogP contribution is 2.52. The van der Waals surface area contributed by atoms with Crippen molar-refractivity contribution in [3.05, 3.63) is 254 Å². The lowest BCUT2D eigenvalue weighted by molar-refractivity contribution is 0.591. The van der Waals surface area contributed by atoms with Crippen molar-refractivity contribution < 1.29 is 13.7 Å². The number of rotatable bonds is 8. The maximum Gasteiger partial charge on any atom is 0.0645 e. The van der Waals surface area contributed by atoms with Gasteiger partial charge in [0.2, 0.25) is 0 Å². The van der Waals surface area contributed by atoms with E-state index < -0.39 is 36.3 Å². The number of para-hydroxylation sites is 2. The lowest BCUT2D eigenvalue weighted by Crippen LogP contribution is -2.11. The predicted molar refractivity (Wildman–Crippen MR) is 333 cm³/mol. The Kier molecular flexibility index (Phi) is 8.00. The zero-order valence-electron chi connectivity index (χ0n) is 54.1. The fraction of sp³-hybridized carbons (Fsp3) is 0.108. The molecule has 11 aromatic carbocycles. The molecule has 0 amide bonds. The van der Waals surface area contributed by atoms with Crippen LogP contribution in [0.3, 0.4) is 0 Å². The summed E-state index contributed by atoms with van der Waals surface area (Å²) >= 11 is 0. The van der Waals surface area contributed by atoms with Gasteiger partial charge in [-0.25, -0.2) is 0 Å². The van der Waals surface area contributed by atoms with Crippen LogP contribution in [0, 0.1) is 0 Å². The molecule has 15 aromatic rings. The van der Waals surface area contributed by atoms with Crippen LogP contribution in [0.25, 0.3) is 98.4 Å². The molecule has 374 valence electrons. The molecule has 4 nitrogen and oxygen atoms in total. The molecule has 15 rings (SSSR count). The van der Waals surface area contributed by atoms with Gasteiger partial charge in [-0.05, 0) is 141 Å². The molecule has 0 spiro atoms. The highest BCUT2D eigenvalue weighted by Gasteiger charge is 2.30. The Balaban J connectivity index is 1.04. The van der Waals surface area contributed by atoms with E-state index >= 15 is 0 Å². The minimum absolute atomic E-state index is 0.0413. The van der Waals surface area contributed by atoms with E-state index in [0.29, 0.717) is 22.7 Å². The van der Waals surface area contributed by atoms with Gasteiger partial charge in [0.25, 0.3) is 0 Å². The van der Waals surface area contributed by atoms with E-state index in [2.05, 4.69) is 111 Å². The van der Waals surface area contributed by atoms with Gasteiger partial charge in [-0.1, -0.05) is 187 Å². The molecule has 0 fully saturated rings. The van der Waals surface area contributed by atoms with Crippen LogP contribution in [-0.2, 0) is 10.8 Å². The molecule has 0 atom stereocenters. The van der Waals surface area contributed by atoms with Crippen molar-refractivity contribution in [2.45, 2.75) is 52.4 Å². The summed E-state index contributed by atoms with van der Waals surface area (Å²) in [6.45, 7) is 13.2. The average Bonchev–Trinajstić information content (AvgIpc) is 1.52. The molecule has 0 aliphatic heterocycles. The summed E-state index contributed by atoms with van der Waals surface area (Å²) in [7, 11) is 0. The van der Waals surface area contributed by atoms with Crippen LogP contribution in [0.1, 0.15) is 66.4 Å². The molecule has 4 heteroatoms. The van der Waals surface area contributed by atoms with E-state index in [0.717, 1.165) is 110 Å². The second-order valence-corrected chi connectivity index (χ2v) is 22.7. The third-order valence-electron chi connectivity index (χ3n) is 16.0. The molecule has 0 N–H and O–H groups in total. The van der Waals surface area contributed by atoms with Crippen LogP contribution in [0.15, 0.2) is 242 Å². The van der Waals surface area contributed by atoms with Crippen LogP contribution in [-0.4, -0.2) is 8.80 Å². The third kappa shape index (κ3) is 6.99. The van der Waals surface area contributed by atoms with E-state index in [-0.39, 0.29) is 46.4 Å². The highest BCUT2D eigenvalue weighted by atomic mass is 15.2. The second kappa shape index (κ2) is 17.1. The minimum Gasteiger partial charge on any atom is -0.310 e. The molecule has 0 unspecified atom stereocenters. The van der Waals surface area contributed by atoms with Crippen molar-refractivity contribution >= 4 is 110 Å². The summed E-state index contributed by atoms with van der Waals surface area (Å²) in [6, 6.07) is 58.2. The van der Waals surface area contributed by atoms with Gasteiger partial charge in [0.15, 0.2) is 0 Å². The first-order valence-electron chi connectivity index (χ1n) is 31.6. The smallest absolute Gasteiger partial charge is 0.0645 e.